The van der Waals surface area contributed by atoms with Crippen LogP contribution < -0.4 is 10.6 Å². The Balaban J connectivity index is 1.05. The minimum atomic E-state index is -0.983. The molecule has 0 unspecified atom stereocenters. The van der Waals surface area contributed by atoms with Gasteiger partial charge in [-0.15, -0.1) is 0 Å². The van der Waals surface area contributed by atoms with Gasteiger partial charge < -0.3 is 58.7 Å². The minimum absolute atomic E-state index is 0.0973. The Morgan fingerprint density at radius 2 is 1.19 bits per heavy atom. The van der Waals surface area contributed by atoms with E-state index in [1.54, 1.807) is 92.0 Å². The van der Waals surface area contributed by atoms with Crippen LogP contribution in [0.4, 0.5) is 20.2 Å². The van der Waals surface area contributed by atoms with Crippen LogP contribution in [0.1, 0.15) is 114 Å². The number of rotatable bonds is 11. The van der Waals surface area contributed by atoms with E-state index < -0.39 is 65.4 Å². The number of carbonyl (C=O) groups excluding carboxylic acids is 5. The highest BCUT2D eigenvalue weighted by Gasteiger charge is 2.58. The van der Waals surface area contributed by atoms with Crippen molar-refractivity contribution in [1.82, 2.24) is 44.4 Å². The van der Waals surface area contributed by atoms with Gasteiger partial charge in [-0.2, -0.15) is 0 Å². The van der Waals surface area contributed by atoms with E-state index in [2.05, 4.69) is 25.6 Å². The molecule has 386 valence electrons. The van der Waals surface area contributed by atoms with Gasteiger partial charge >= 0.3 is 18.3 Å². The van der Waals surface area contributed by atoms with Crippen LogP contribution in [0.25, 0.3) is 11.2 Å². The van der Waals surface area contributed by atoms with Gasteiger partial charge in [-0.25, -0.2) is 29.3 Å². The van der Waals surface area contributed by atoms with Crippen molar-refractivity contribution in [3.8, 4) is 0 Å². The summed E-state index contributed by atoms with van der Waals surface area (Å²) in [5, 5.41) is 6.34. The fraction of sp³-hybridized carbons (Fsp3) is 0.673. The third-order valence-corrected chi connectivity index (χ3v) is 11.5. The summed E-state index contributed by atoms with van der Waals surface area (Å²) in [6, 6.07) is 9.94. The van der Waals surface area contributed by atoms with Gasteiger partial charge in [0, 0.05) is 71.9 Å². The Morgan fingerprint density at radius 3 is 1.71 bits per heavy atom. The molecular weight excluding hydrogens is 905 g/mol. The zero-order valence-electron chi connectivity index (χ0n) is 42.8. The fourth-order valence-electron chi connectivity index (χ4n) is 8.20. The SMILES string of the molecule is CC(C)(C)OC(=O)N1CCN(C(=O)CCCCCNC(=O)[C@H]2O[C@@H](n3cnc4c(NCc5ccccc5)ncnc43)[C@@H]3OC(C)(C)O[C@@H]32)CCN(C(=O)OC(C)(C)C)CCN(C(=O)OC(C)(C)C)CC1. The van der Waals surface area contributed by atoms with Gasteiger partial charge in [0.15, 0.2) is 35.1 Å². The van der Waals surface area contributed by atoms with Crippen LogP contribution in [0.5, 0.6) is 0 Å². The van der Waals surface area contributed by atoms with Crippen molar-refractivity contribution in [1.29, 1.82) is 0 Å². The van der Waals surface area contributed by atoms with Crippen LogP contribution in [-0.4, -0.2) is 169 Å². The predicted molar refractivity (Wildman–Crippen MR) is 258 cm³/mol. The number of benzene rings is 1. The molecule has 0 radical (unpaired) electrons. The first-order valence-electron chi connectivity index (χ1n) is 24.3. The van der Waals surface area contributed by atoms with Gasteiger partial charge in [0.05, 0.1) is 6.33 Å². The monoisotopic (exact) mass is 979 g/mol. The Hall–Kier alpha value is -5.80. The van der Waals surface area contributed by atoms with E-state index in [9.17, 15) is 24.0 Å². The number of hydrogen-bond donors (Lipinski definition) is 2. The highest BCUT2D eigenvalue weighted by Crippen LogP contribution is 2.44. The van der Waals surface area contributed by atoms with E-state index in [1.807, 2.05) is 30.3 Å². The Kier molecular flexibility index (Phi) is 17.2. The predicted octanol–water partition coefficient (Wildman–Crippen LogP) is 6.09. The summed E-state index contributed by atoms with van der Waals surface area (Å²) in [7, 11) is 0. The molecule has 3 aliphatic heterocycles. The lowest BCUT2D eigenvalue weighted by Gasteiger charge is -2.36. The molecular formula is C49H74N10O11. The molecule has 3 fully saturated rings. The third-order valence-electron chi connectivity index (χ3n) is 11.5. The van der Waals surface area contributed by atoms with Gasteiger partial charge in [-0.05, 0) is 94.6 Å². The number of ether oxygens (including phenoxy) is 6. The topological polar surface area (TPSA) is 221 Å². The molecule has 21 nitrogen and oxygen atoms in total. The van der Waals surface area contributed by atoms with Gasteiger partial charge in [-0.3, -0.25) is 14.2 Å². The maximum absolute atomic E-state index is 14.0. The highest BCUT2D eigenvalue weighted by molar-refractivity contribution is 5.84. The number of nitrogens with zero attached hydrogens (tertiary/aromatic N) is 8. The summed E-state index contributed by atoms with van der Waals surface area (Å²) >= 11 is 0. The molecule has 0 spiro atoms. The minimum Gasteiger partial charge on any atom is -0.444 e. The van der Waals surface area contributed by atoms with Crippen LogP contribution in [0.15, 0.2) is 43.0 Å². The second-order valence-electron chi connectivity index (χ2n) is 21.3. The van der Waals surface area contributed by atoms with E-state index >= 15 is 0 Å². The fourth-order valence-corrected chi connectivity index (χ4v) is 8.20. The summed E-state index contributed by atoms with van der Waals surface area (Å²) in [6.07, 6.45) is 0.193. The second kappa shape index (κ2) is 22.5. The van der Waals surface area contributed by atoms with E-state index in [1.165, 1.54) is 21.0 Å². The van der Waals surface area contributed by atoms with E-state index in [0.29, 0.717) is 49.3 Å². The molecule has 6 rings (SSSR count). The molecule has 70 heavy (non-hydrogen) atoms. The number of amides is 5. The summed E-state index contributed by atoms with van der Waals surface area (Å²) in [5.41, 5.74) is -0.196. The molecule has 3 saturated heterocycles. The number of anilines is 1. The molecule has 2 aromatic heterocycles. The van der Waals surface area contributed by atoms with Crippen LogP contribution in [0.3, 0.4) is 0 Å². The molecule has 3 aromatic rings. The summed E-state index contributed by atoms with van der Waals surface area (Å²) < 4.78 is 37.8. The number of carbonyl (C=O) groups is 5. The van der Waals surface area contributed by atoms with Crippen LogP contribution in [-0.2, 0) is 44.6 Å². The van der Waals surface area contributed by atoms with Crippen molar-refractivity contribution in [2.45, 2.75) is 156 Å². The van der Waals surface area contributed by atoms with E-state index in [0.717, 1.165) is 5.56 Å². The molecule has 3 aliphatic rings. The molecule has 0 saturated carbocycles. The van der Waals surface area contributed by atoms with Gasteiger partial charge in [0.2, 0.25) is 5.91 Å². The van der Waals surface area contributed by atoms with Crippen LogP contribution >= 0.6 is 0 Å². The maximum atomic E-state index is 14.0. The van der Waals surface area contributed by atoms with Crippen LogP contribution in [0, 0.1) is 0 Å². The zero-order valence-corrected chi connectivity index (χ0v) is 42.8. The first-order chi connectivity index (χ1) is 32.9. The lowest BCUT2D eigenvalue weighted by Crippen LogP contribution is -2.52. The highest BCUT2D eigenvalue weighted by atomic mass is 16.8. The molecule has 0 bridgehead atoms. The van der Waals surface area contributed by atoms with Crippen molar-refractivity contribution in [3.63, 3.8) is 0 Å². The second-order valence-corrected chi connectivity index (χ2v) is 21.3. The number of hydrogen-bond acceptors (Lipinski definition) is 15. The molecule has 5 amide bonds. The summed E-state index contributed by atoms with van der Waals surface area (Å²) in [6.45, 7) is 21.4. The molecule has 4 atom stereocenters. The third kappa shape index (κ3) is 15.1. The first-order valence-corrected chi connectivity index (χ1v) is 24.3. The normalized spacial score (nSPS) is 21.4. The smallest absolute Gasteiger partial charge is 0.410 e. The van der Waals surface area contributed by atoms with Crippen molar-refractivity contribution < 1.29 is 52.4 Å². The largest absolute Gasteiger partial charge is 0.444 e. The summed E-state index contributed by atoms with van der Waals surface area (Å²) in [4.78, 5) is 87.8. The Bertz CT molecular complexity index is 2230. The average molecular weight is 979 g/mol. The standard InChI is InChI=1S/C49H74N10O11/c1-46(2,3)68-43(62)56-24-22-55(23-25-57(44(63)69-47(4,5)6)27-29-58(28-26-56)45(64)70-48(7,8)9)34(60)20-16-13-17-21-50-41(61)37-36-38(67-49(10,11)66-36)42(65-37)59-32-54-35-39(52-31-53-40(35)59)51-30-33-18-14-12-15-19-33/h12,14-15,18-19,31-32,36-38,42H,13,16-17,20-30H2,1-11H3,(H,50,61)(H,51,52,53)/t36-,37+,38-,42-/m1/s1. The maximum Gasteiger partial charge on any atom is 0.410 e. The number of fused-ring (bicyclic) bond motifs is 2. The molecule has 0 aliphatic carbocycles. The Labute approximate surface area is 411 Å². The number of imidazole rings is 1. The van der Waals surface area contributed by atoms with Crippen LogP contribution in [0.2, 0.25) is 0 Å². The quantitative estimate of drug-likeness (QED) is 0.164. The lowest BCUT2D eigenvalue weighted by molar-refractivity contribution is -0.197. The van der Waals surface area contributed by atoms with Crippen molar-refractivity contribution in [3.05, 3.63) is 48.5 Å². The number of nitrogens with one attached hydrogen (secondary N) is 2. The van der Waals surface area contributed by atoms with Crippen molar-refractivity contribution >= 4 is 47.1 Å². The van der Waals surface area contributed by atoms with E-state index in [4.69, 9.17) is 28.4 Å². The first kappa shape index (κ1) is 53.5. The van der Waals surface area contributed by atoms with Gasteiger partial charge in [0.1, 0.15) is 35.3 Å². The van der Waals surface area contributed by atoms with Gasteiger partial charge in [-0.1, -0.05) is 36.8 Å². The molecule has 1 aromatic carbocycles. The van der Waals surface area contributed by atoms with E-state index in [-0.39, 0.29) is 70.6 Å². The van der Waals surface area contributed by atoms with Crippen molar-refractivity contribution in [2.24, 2.45) is 0 Å². The molecule has 2 N–H and O–H groups in total. The molecule has 5 heterocycles. The average Bonchev–Trinajstić information content (AvgIpc) is 3.93. The van der Waals surface area contributed by atoms with Crippen molar-refractivity contribution in [2.75, 3.05) is 64.2 Å². The number of unbranched alkanes of at least 4 members (excludes halogenated alkanes) is 2. The lowest BCUT2D eigenvalue weighted by atomic mass is 10.1. The number of aromatic nitrogens is 4. The van der Waals surface area contributed by atoms with Gasteiger partial charge in [0.25, 0.3) is 5.91 Å². The molecule has 21 heteroatoms. The summed E-state index contributed by atoms with van der Waals surface area (Å²) in [5.74, 6) is -0.912. The Morgan fingerprint density at radius 1 is 0.671 bits per heavy atom. The zero-order chi connectivity index (χ0) is 51.0.